The Morgan fingerprint density at radius 1 is 1.00 bits per heavy atom. The van der Waals surface area contributed by atoms with Crippen LogP contribution in [-0.2, 0) is 0 Å². The van der Waals surface area contributed by atoms with Crippen molar-refractivity contribution >= 4 is 22.6 Å². The minimum absolute atomic E-state index is 0.0141. The van der Waals surface area contributed by atoms with Crippen molar-refractivity contribution in [3.05, 3.63) is 54.3 Å². The van der Waals surface area contributed by atoms with Crippen molar-refractivity contribution in [2.24, 2.45) is 5.73 Å². The van der Waals surface area contributed by atoms with E-state index in [9.17, 15) is 4.79 Å². The minimum atomic E-state index is -0.657. The fraction of sp³-hybridized carbons (Fsp3) is 0. The maximum absolute atomic E-state index is 11.2. The third-order valence-corrected chi connectivity index (χ3v) is 3.06. The minimum Gasteiger partial charge on any atom is -0.449 e. The van der Waals surface area contributed by atoms with E-state index in [1.165, 1.54) is 0 Å². The van der Waals surface area contributed by atoms with Crippen molar-refractivity contribution in [3.63, 3.8) is 0 Å². The molecular formula is C15H12N2O2. The van der Waals surface area contributed by atoms with Gasteiger partial charge in [0.1, 0.15) is 5.58 Å². The third kappa shape index (κ3) is 1.83. The van der Waals surface area contributed by atoms with E-state index in [1.807, 2.05) is 48.5 Å². The Bertz CT molecular complexity index is 760. The van der Waals surface area contributed by atoms with Crippen LogP contribution in [0.25, 0.3) is 22.1 Å². The number of benzene rings is 2. The van der Waals surface area contributed by atoms with Gasteiger partial charge >= 0.3 is 0 Å². The van der Waals surface area contributed by atoms with E-state index in [-0.39, 0.29) is 5.76 Å². The van der Waals surface area contributed by atoms with Crippen LogP contribution in [0.3, 0.4) is 0 Å². The largest absolute Gasteiger partial charge is 0.449 e. The number of nitrogens with two attached hydrogens (primary N) is 2. The molecule has 0 bridgehead atoms. The molecule has 2 aromatic carbocycles. The SMILES string of the molecule is NC(=O)c1oc2cc(-c3ccccc3)ccc2c1N. The molecule has 0 saturated carbocycles. The lowest BCUT2D eigenvalue weighted by molar-refractivity contribution is 0.0977. The van der Waals surface area contributed by atoms with E-state index in [1.54, 1.807) is 0 Å². The van der Waals surface area contributed by atoms with Gasteiger partial charge in [-0.25, -0.2) is 0 Å². The van der Waals surface area contributed by atoms with E-state index in [2.05, 4.69) is 0 Å². The van der Waals surface area contributed by atoms with Crippen molar-refractivity contribution in [2.75, 3.05) is 5.73 Å². The summed E-state index contributed by atoms with van der Waals surface area (Å²) in [6.07, 6.45) is 0. The lowest BCUT2D eigenvalue weighted by atomic mass is 10.0. The van der Waals surface area contributed by atoms with Gasteiger partial charge in [-0.05, 0) is 23.3 Å². The highest BCUT2D eigenvalue weighted by Gasteiger charge is 2.16. The number of rotatable bonds is 2. The Kier molecular flexibility index (Phi) is 2.49. The summed E-state index contributed by atoms with van der Waals surface area (Å²) in [6, 6.07) is 15.5. The quantitative estimate of drug-likeness (QED) is 0.735. The molecule has 0 aliphatic heterocycles. The summed E-state index contributed by atoms with van der Waals surface area (Å²) in [7, 11) is 0. The molecule has 1 aromatic heterocycles. The van der Waals surface area contributed by atoms with Crippen LogP contribution in [0.1, 0.15) is 10.6 Å². The maximum atomic E-state index is 11.2. The number of hydrogen-bond donors (Lipinski definition) is 2. The van der Waals surface area contributed by atoms with Gasteiger partial charge in [0.05, 0.1) is 5.69 Å². The van der Waals surface area contributed by atoms with Crippen molar-refractivity contribution in [2.45, 2.75) is 0 Å². The maximum Gasteiger partial charge on any atom is 0.286 e. The molecule has 0 aliphatic carbocycles. The number of amides is 1. The second kappa shape index (κ2) is 4.17. The number of furan rings is 1. The molecule has 0 radical (unpaired) electrons. The van der Waals surface area contributed by atoms with Crippen molar-refractivity contribution in [1.82, 2.24) is 0 Å². The predicted octanol–water partition coefficient (Wildman–Crippen LogP) is 2.78. The van der Waals surface area contributed by atoms with E-state index < -0.39 is 5.91 Å². The molecule has 4 heteroatoms. The summed E-state index contributed by atoms with van der Waals surface area (Å²) in [6.45, 7) is 0. The van der Waals surface area contributed by atoms with E-state index in [0.717, 1.165) is 11.1 Å². The molecule has 0 saturated heterocycles. The number of carbonyl (C=O) groups is 1. The molecule has 1 amide bonds. The number of primary amides is 1. The first-order chi connectivity index (χ1) is 9.16. The first-order valence-corrected chi connectivity index (χ1v) is 5.84. The van der Waals surface area contributed by atoms with Crippen LogP contribution in [0.5, 0.6) is 0 Å². The lowest BCUT2D eigenvalue weighted by Gasteiger charge is -2.00. The summed E-state index contributed by atoms with van der Waals surface area (Å²) >= 11 is 0. The first-order valence-electron chi connectivity index (χ1n) is 5.84. The number of hydrogen-bond acceptors (Lipinski definition) is 3. The smallest absolute Gasteiger partial charge is 0.286 e. The Morgan fingerprint density at radius 3 is 2.42 bits per heavy atom. The third-order valence-electron chi connectivity index (χ3n) is 3.06. The van der Waals surface area contributed by atoms with Gasteiger partial charge in [0.2, 0.25) is 5.76 Å². The Balaban J connectivity index is 2.19. The van der Waals surface area contributed by atoms with E-state index in [4.69, 9.17) is 15.9 Å². The van der Waals surface area contributed by atoms with Crippen LogP contribution in [0, 0.1) is 0 Å². The Hall–Kier alpha value is -2.75. The number of carbonyl (C=O) groups excluding carboxylic acids is 1. The average Bonchev–Trinajstić information content (AvgIpc) is 2.77. The summed E-state index contributed by atoms with van der Waals surface area (Å²) in [5.41, 5.74) is 14.0. The van der Waals surface area contributed by atoms with Crippen LogP contribution in [0.15, 0.2) is 52.9 Å². The summed E-state index contributed by atoms with van der Waals surface area (Å²) in [5.74, 6) is -0.643. The summed E-state index contributed by atoms with van der Waals surface area (Å²) < 4.78 is 5.42. The predicted molar refractivity (Wildman–Crippen MR) is 74.6 cm³/mol. The van der Waals surface area contributed by atoms with Gasteiger partial charge in [-0.2, -0.15) is 0 Å². The highest BCUT2D eigenvalue weighted by atomic mass is 16.3. The van der Waals surface area contributed by atoms with Crippen LogP contribution in [0.2, 0.25) is 0 Å². The van der Waals surface area contributed by atoms with Gasteiger partial charge in [0.25, 0.3) is 5.91 Å². The molecule has 94 valence electrons. The standard InChI is InChI=1S/C15H12N2O2/c16-13-11-7-6-10(9-4-2-1-3-5-9)8-12(11)19-14(13)15(17)18/h1-8H,16H2,(H2,17,18). The van der Waals surface area contributed by atoms with Gasteiger partial charge in [-0.3, -0.25) is 4.79 Å². The van der Waals surface area contributed by atoms with E-state index in [0.29, 0.717) is 16.7 Å². The zero-order valence-corrected chi connectivity index (χ0v) is 10.1. The number of nitrogen functional groups attached to an aromatic ring is 1. The zero-order valence-electron chi connectivity index (χ0n) is 10.1. The molecule has 3 rings (SSSR count). The highest BCUT2D eigenvalue weighted by Crippen LogP contribution is 2.31. The van der Waals surface area contributed by atoms with Crippen molar-refractivity contribution in [3.8, 4) is 11.1 Å². The van der Waals surface area contributed by atoms with Crippen LogP contribution in [-0.4, -0.2) is 5.91 Å². The molecule has 0 spiro atoms. The van der Waals surface area contributed by atoms with Gasteiger partial charge in [-0.15, -0.1) is 0 Å². The fourth-order valence-corrected chi connectivity index (χ4v) is 2.11. The molecule has 3 aromatic rings. The van der Waals surface area contributed by atoms with E-state index >= 15 is 0 Å². The van der Waals surface area contributed by atoms with Crippen LogP contribution in [0.4, 0.5) is 5.69 Å². The Morgan fingerprint density at radius 2 is 1.74 bits per heavy atom. The van der Waals surface area contributed by atoms with Crippen molar-refractivity contribution in [1.29, 1.82) is 0 Å². The second-order valence-corrected chi connectivity index (χ2v) is 4.29. The molecule has 0 fully saturated rings. The zero-order chi connectivity index (χ0) is 13.4. The average molecular weight is 252 g/mol. The van der Waals surface area contributed by atoms with Gasteiger partial charge in [-0.1, -0.05) is 36.4 Å². The summed E-state index contributed by atoms with van der Waals surface area (Å²) in [5, 5.41) is 0.702. The number of anilines is 1. The molecule has 0 atom stereocenters. The molecule has 4 nitrogen and oxygen atoms in total. The fourth-order valence-electron chi connectivity index (χ4n) is 2.11. The van der Waals surface area contributed by atoms with Crippen LogP contribution < -0.4 is 11.5 Å². The second-order valence-electron chi connectivity index (χ2n) is 4.29. The number of fused-ring (bicyclic) bond motifs is 1. The molecule has 0 aliphatic rings. The first kappa shape index (κ1) is 11.3. The lowest BCUT2D eigenvalue weighted by Crippen LogP contribution is -2.11. The molecule has 4 N–H and O–H groups in total. The topological polar surface area (TPSA) is 82.2 Å². The highest BCUT2D eigenvalue weighted by molar-refractivity contribution is 6.05. The monoisotopic (exact) mass is 252 g/mol. The normalized spacial score (nSPS) is 10.7. The molecular weight excluding hydrogens is 240 g/mol. The van der Waals surface area contributed by atoms with Gasteiger partial charge in [0.15, 0.2) is 0 Å². The molecule has 19 heavy (non-hydrogen) atoms. The van der Waals surface area contributed by atoms with Crippen LogP contribution >= 0.6 is 0 Å². The summed E-state index contributed by atoms with van der Waals surface area (Å²) in [4.78, 5) is 11.2. The Labute approximate surface area is 109 Å². The molecule has 0 unspecified atom stereocenters. The van der Waals surface area contributed by atoms with Gasteiger partial charge < -0.3 is 15.9 Å². The molecule has 1 heterocycles. The van der Waals surface area contributed by atoms with Gasteiger partial charge in [0, 0.05) is 5.39 Å². The van der Waals surface area contributed by atoms with Crippen molar-refractivity contribution < 1.29 is 9.21 Å².